The third-order valence-electron chi connectivity index (χ3n) is 3.55. The van der Waals surface area contributed by atoms with Gasteiger partial charge >= 0.3 is 5.97 Å². The molecular weight excluding hydrogens is 266 g/mol. The number of aliphatic carboxylic acids is 1. The quantitative estimate of drug-likeness (QED) is 0.895. The largest absolute Gasteiger partial charge is 0.506 e. The number of halogens is 1. The molecule has 1 aliphatic heterocycles. The lowest BCUT2D eigenvalue weighted by atomic mass is 10.1. The number of carbonyl (C=O) groups is 1. The summed E-state index contributed by atoms with van der Waals surface area (Å²) in [5.41, 5.74) is 0.927. The topological polar surface area (TPSA) is 60.8 Å². The van der Waals surface area contributed by atoms with Crippen LogP contribution in [0.1, 0.15) is 31.2 Å². The van der Waals surface area contributed by atoms with E-state index in [-0.39, 0.29) is 5.75 Å². The first-order valence-electron chi connectivity index (χ1n) is 6.52. The molecule has 0 bridgehead atoms. The second-order valence-corrected chi connectivity index (χ2v) is 5.37. The van der Waals surface area contributed by atoms with E-state index in [4.69, 9.17) is 11.6 Å². The highest BCUT2D eigenvalue weighted by Crippen LogP contribution is 2.26. The molecule has 1 saturated heterocycles. The van der Waals surface area contributed by atoms with Crippen molar-refractivity contribution in [1.82, 2.24) is 4.90 Å². The number of nitrogens with zero attached hydrogens (tertiary/aromatic N) is 1. The number of hydrogen-bond donors (Lipinski definition) is 2. The van der Waals surface area contributed by atoms with Gasteiger partial charge in [0.15, 0.2) is 0 Å². The first kappa shape index (κ1) is 14.2. The predicted molar refractivity (Wildman–Crippen MR) is 73.4 cm³/mol. The van der Waals surface area contributed by atoms with Crippen molar-refractivity contribution in [3.63, 3.8) is 0 Å². The summed E-state index contributed by atoms with van der Waals surface area (Å²) in [7, 11) is 0. The normalized spacial score (nSPS) is 21.0. The van der Waals surface area contributed by atoms with Crippen LogP contribution in [-0.2, 0) is 11.3 Å². The second kappa shape index (κ2) is 6.26. The molecule has 1 aromatic rings. The molecule has 2 N–H and O–H groups in total. The van der Waals surface area contributed by atoms with Crippen LogP contribution in [0.2, 0.25) is 5.02 Å². The third-order valence-corrected chi connectivity index (χ3v) is 3.85. The predicted octanol–water partition coefficient (Wildman–Crippen LogP) is 2.87. The molecule has 1 fully saturated rings. The van der Waals surface area contributed by atoms with Crippen LogP contribution in [0.5, 0.6) is 5.75 Å². The Balaban J connectivity index is 2.13. The monoisotopic (exact) mass is 283 g/mol. The summed E-state index contributed by atoms with van der Waals surface area (Å²) in [6, 6.07) is 4.60. The van der Waals surface area contributed by atoms with E-state index in [0.717, 1.165) is 31.4 Å². The van der Waals surface area contributed by atoms with Crippen molar-refractivity contribution in [3.8, 4) is 5.75 Å². The molecule has 1 atom stereocenters. The Kier molecular flexibility index (Phi) is 4.66. The Labute approximate surface area is 117 Å². The van der Waals surface area contributed by atoms with E-state index in [1.807, 2.05) is 4.90 Å². The van der Waals surface area contributed by atoms with E-state index >= 15 is 0 Å². The highest BCUT2D eigenvalue weighted by Gasteiger charge is 2.27. The number of hydrogen-bond acceptors (Lipinski definition) is 3. The molecule has 0 radical (unpaired) electrons. The van der Waals surface area contributed by atoms with Crippen LogP contribution >= 0.6 is 11.6 Å². The molecule has 1 aliphatic rings. The Morgan fingerprint density at radius 3 is 2.84 bits per heavy atom. The highest BCUT2D eigenvalue weighted by atomic mass is 35.5. The molecule has 104 valence electrons. The van der Waals surface area contributed by atoms with E-state index in [2.05, 4.69) is 0 Å². The average molecular weight is 284 g/mol. The smallest absolute Gasteiger partial charge is 0.320 e. The maximum absolute atomic E-state index is 11.3. The van der Waals surface area contributed by atoms with E-state index < -0.39 is 12.0 Å². The minimum atomic E-state index is -0.758. The van der Waals surface area contributed by atoms with Crippen molar-refractivity contribution >= 4 is 17.6 Å². The van der Waals surface area contributed by atoms with Gasteiger partial charge in [-0.3, -0.25) is 9.69 Å². The molecule has 0 saturated carbocycles. The first-order valence-corrected chi connectivity index (χ1v) is 6.90. The number of phenolic OH excluding ortho intramolecular Hbond substituents is 1. The van der Waals surface area contributed by atoms with Crippen LogP contribution in [-0.4, -0.2) is 33.7 Å². The van der Waals surface area contributed by atoms with Gasteiger partial charge in [-0.25, -0.2) is 0 Å². The molecular formula is C14H18ClNO3. The van der Waals surface area contributed by atoms with Crippen molar-refractivity contribution in [2.45, 2.75) is 38.3 Å². The molecule has 19 heavy (non-hydrogen) atoms. The first-order chi connectivity index (χ1) is 9.08. The minimum absolute atomic E-state index is 0.0519. The standard InChI is InChI=1S/C14H18ClNO3/c15-11-8-10(5-6-13(11)17)9-16-7-3-1-2-4-12(16)14(18)19/h5-6,8,12,17H,1-4,7,9H2,(H,18,19). The molecule has 5 heteroatoms. The zero-order valence-corrected chi connectivity index (χ0v) is 11.4. The van der Waals surface area contributed by atoms with Gasteiger partial charge in [-0.05, 0) is 37.1 Å². The lowest BCUT2D eigenvalue weighted by Crippen LogP contribution is -2.40. The van der Waals surface area contributed by atoms with Gasteiger partial charge in [-0.1, -0.05) is 30.5 Å². The lowest BCUT2D eigenvalue weighted by molar-refractivity contribution is -0.143. The van der Waals surface area contributed by atoms with Gasteiger partial charge in [0.2, 0.25) is 0 Å². The van der Waals surface area contributed by atoms with Gasteiger partial charge in [-0.2, -0.15) is 0 Å². The SMILES string of the molecule is O=C(O)C1CCCCCN1Cc1ccc(O)c(Cl)c1. The van der Waals surface area contributed by atoms with Crippen LogP contribution in [0.4, 0.5) is 0 Å². The number of rotatable bonds is 3. The van der Waals surface area contributed by atoms with Gasteiger partial charge < -0.3 is 10.2 Å². The van der Waals surface area contributed by atoms with Crippen molar-refractivity contribution in [2.24, 2.45) is 0 Å². The van der Waals surface area contributed by atoms with Gasteiger partial charge in [-0.15, -0.1) is 0 Å². The lowest BCUT2D eigenvalue weighted by Gasteiger charge is -2.26. The van der Waals surface area contributed by atoms with E-state index in [1.54, 1.807) is 18.2 Å². The summed E-state index contributed by atoms with van der Waals surface area (Å²) < 4.78 is 0. The molecule has 1 heterocycles. The van der Waals surface area contributed by atoms with Crippen molar-refractivity contribution in [2.75, 3.05) is 6.54 Å². The summed E-state index contributed by atoms with van der Waals surface area (Å²) in [6.45, 7) is 1.34. The summed E-state index contributed by atoms with van der Waals surface area (Å²) in [6.07, 6.45) is 3.76. The maximum atomic E-state index is 11.3. The van der Waals surface area contributed by atoms with Crippen LogP contribution in [0.15, 0.2) is 18.2 Å². The summed E-state index contributed by atoms with van der Waals surface area (Å²) in [5, 5.41) is 19.0. The zero-order valence-electron chi connectivity index (χ0n) is 10.7. The number of benzene rings is 1. The number of likely N-dealkylation sites (tertiary alicyclic amines) is 1. The van der Waals surface area contributed by atoms with Gasteiger partial charge in [0.05, 0.1) is 5.02 Å². The Hall–Kier alpha value is -1.26. The van der Waals surface area contributed by atoms with Crippen molar-refractivity contribution in [3.05, 3.63) is 28.8 Å². The zero-order chi connectivity index (χ0) is 13.8. The number of carboxylic acid groups (broad SMARTS) is 1. The van der Waals surface area contributed by atoms with Gasteiger partial charge in [0, 0.05) is 6.54 Å². The summed E-state index contributed by atoms with van der Waals surface area (Å²) >= 11 is 5.88. The molecule has 1 unspecified atom stereocenters. The van der Waals surface area contributed by atoms with E-state index in [0.29, 0.717) is 18.0 Å². The minimum Gasteiger partial charge on any atom is -0.506 e. The number of carboxylic acids is 1. The van der Waals surface area contributed by atoms with E-state index in [1.165, 1.54) is 0 Å². The molecule has 0 aromatic heterocycles. The van der Waals surface area contributed by atoms with Crippen LogP contribution in [0.3, 0.4) is 0 Å². The fourth-order valence-electron chi connectivity index (χ4n) is 2.52. The third kappa shape index (κ3) is 3.61. The Bertz CT molecular complexity index is 464. The number of phenols is 1. The summed E-state index contributed by atoms with van der Waals surface area (Å²) in [4.78, 5) is 13.3. The fourth-order valence-corrected chi connectivity index (χ4v) is 2.72. The maximum Gasteiger partial charge on any atom is 0.320 e. The molecule has 0 spiro atoms. The van der Waals surface area contributed by atoms with Crippen LogP contribution < -0.4 is 0 Å². The van der Waals surface area contributed by atoms with Crippen molar-refractivity contribution < 1.29 is 15.0 Å². The molecule has 0 aliphatic carbocycles. The van der Waals surface area contributed by atoms with Crippen LogP contribution in [0.25, 0.3) is 0 Å². The fraction of sp³-hybridized carbons (Fsp3) is 0.500. The molecule has 4 nitrogen and oxygen atoms in total. The van der Waals surface area contributed by atoms with Crippen molar-refractivity contribution in [1.29, 1.82) is 0 Å². The highest BCUT2D eigenvalue weighted by molar-refractivity contribution is 6.32. The average Bonchev–Trinajstić information content (AvgIpc) is 2.59. The Morgan fingerprint density at radius 1 is 1.37 bits per heavy atom. The second-order valence-electron chi connectivity index (χ2n) is 4.96. The van der Waals surface area contributed by atoms with Gasteiger partial charge in [0.25, 0.3) is 0 Å². The van der Waals surface area contributed by atoms with E-state index in [9.17, 15) is 15.0 Å². The van der Waals surface area contributed by atoms with Gasteiger partial charge in [0.1, 0.15) is 11.8 Å². The number of aromatic hydroxyl groups is 1. The molecule has 1 aromatic carbocycles. The Morgan fingerprint density at radius 2 is 2.16 bits per heavy atom. The molecule has 2 rings (SSSR count). The van der Waals surface area contributed by atoms with Crippen LogP contribution in [0, 0.1) is 0 Å². The summed E-state index contributed by atoms with van der Waals surface area (Å²) in [5.74, 6) is -0.706. The molecule has 0 amide bonds.